The number of ether oxygens (including phenoxy) is 3. The Morgan fingerprint density at radius 2 is 2.00 bits per heavy atom. The molecule has 1 aromatic rings. The quantitative estimate of drug-likeness (QED) is 0.895. The Balaban J connectivity index is 1.36. The molecule has 0 aromatic heterocycles. The molecule has 4 rings (SSSR count). The number of carbonyl (C=O) groups is 1. The molecule has 0 bridgehead atoms. The molecule has 1 N–H and O–H groups in total. The van der Waals surface area contributed by atoms with Crippen molar-refractivity contribution in [2.45, 2.75) is 31.3 Å². The smallest absolute Gasteiger partial charge is 0.231 e. The first-order chi connectivity index (χ1) is 11.3. The van der Waals surface area contributed by atoms with E-state index in [9.17, 15) is 4.79 Å². The number of nitrogens with one attached hydrogen (secondary N) is 1. The van der Waals surface area contributed by atoms with Crippen LogP contribution in [0.4, 0.5) is 0 Å². The van der Waals surface area contributed by atoms with Crippen LogP contribution in [-0.2, 0) is 16.0 Å². The predicted molar refractivity (Wildman–Crippen MR) is 83.6 cm³/mol. The van der Waals surface area contributed by atoms with Crippen molar-refractivity contribution in [3.05, 3.63) is 23.8 Å². The summed E-state index contributed by atoms with van der Waals surface area (Å²) in [5, 5.41) is 3.14. The van der Waals surface area contributed by atoms with Gasteiger partial charge in [0, 0.05) is 0 Å². The molecule has 3 aliphatic heterocycles. The van der Waals surface area contributed by atoms with Gasteiger partial charge in [0.15, 0.2) is 11.5 Å². The van der Waals surface area contributed by atoms with Gasteiger partial charge in [-0.15, -0.1) is 0 Å². The number of carbonyl (C=O) groups excluding carboxylic acids is 1. The molecule has 2 atom stereocenters. The second-order valence-corrected chi connectivity index (χ2v) is 6.39. The van der Waals surface area contributed by atoms with Gasteiger partial charge >= 0.3 is 0 Å². The van der Waals surface area contributed by atoms with E-state index in [1.54, 1.807) is 0 Å². The molecule has 2 fully saturated rings. The zero-order chi connectivity index (χ0) is 15.6. The Hall–Kier alpha value is -1.79. The third-order valence-corrected chi connectivity index (χ3v) is 4.81. The van der Waals surface area contributed by atoms with E-state index < -0.39 is 0 Å². The van der Waals surface area contributed by atoms with Crippen LogP contribution in [0.2, 0.25) is 0 Å². The average Bonchev–Trinajstić information content (AvgIpc) is 3.27. The molecule has 1 amide bonds. The van der Waals surface area contributed by atoms with Gasteiger partial charge in [-0.1, -0.05) is 6.07 Å². The van der Waals surface area contributed by atoms with Crippen molar-refractivity contribution in [1.29, 1.82) is 0 Å². The van der Waals surface area contributed by atoms with Gasteiger partial charge in [0.1, 0.15) is 0 Å². The lowest BCUT2D eigenvalue weighted by atomic mass is 10.1. The maximum Gasteiger partial charge on any atom is 0.231 e. The number of nitrogens with zero attached hydrogens (tertiary/aromatic N) is 1. The van der Waals surface area contributed by atoms with Crippen molar-refractivity contribution in [3.63, 3.8) is 0 Å². The highest BCUT2D eigenvalue weighted by Gasteiger charge is 2.35. The highest BCUT2D eigenvalue weighted by atomic mass is 16.7. The third-order valence-electron chi connectivity index (χ3n) is 4.81. The summed E-state index contributed by atoms with van der Waals surface area (Å²) < 4.78 is 16.3. The molecule has 0 radical (unpaired) electrons. The molecule has 23 heavy (non-hydrogen) atoms. The van der Waals surface area contributed by atoms with Crippen molar-refractivity contribution >= 4 is 5.91 Å². The maximum atomic E-state index is 12.4. The molecule has 0 spiro atoms. The standard InChI is InChI=1S/C17H22N2O4/c20-17(8-12-3-4-15-16(7-12)23-11-22-15)18-13-9-21-10-14(13)19-5-1-2-6-19/h3-4,7,13-14H,1-2,5-6,8-11H2,(H,18,20)/t13-,14-/m1/s1. The largest absolute Gasteiger partial charge is 0.454 e. The number of hydrogen-bond acceptors (Lipinski definition) is 5. The van der Waals surface area contributed by atoms with Crippen molar-refractivity contribution in [2.24, 2.45) is 0 Å². The maximum absolute atomic E-state index is 12.4. The van der Waals surface area contributed by atoms with Crippen LogP contribution in [0.1, 0.15) is 18.4 Å². The van der Waals surface area contributed by atoms with Gasteiger partial charge in [-0.25, -0.2) is 0 Å². The fraction of sp³-hybridized carbons (Fsp3) is 0.588. The van der Waals surface area contributed by atoms with Crippen molar-refractivity contribution in [2.75, 3.05) is 33.1 Å². The molecule has 0 unspecified atom stereocenters. The second-order valence-electron chi connectivity index (χ2n) is 6.39. The fourth-order valence-electron chi connectivity index (χ4n) is 3.61. The molecule has 124 valence electrons. The first-order valence-corrected chi connectivity index (χ1v) is 8.29. The van der Waals surface area contributed by atoms with Gasteiger partial charge in [-0.3, -0.25) is 9.69 Å². The minimum atomic E-state index is 0.0311. The Morgan fingerprint density at radius 1 is 1.17 bits per heavy atom. The average molecular weight is 318 g/mol. The van der Waals surface area contributed by atoms with Gasteiger partial charge in [-0.05, 0) is 43.6 Å². The van der Waals surface area contributed by atoms with Crippen LogP contribution >= 0.6 is 0 Å². The molecule has 0 aliphatic carbocycles. The summed E-state index contributed by atoms with van der Waals surface area (Å²) in [4.78, 5) is 14.8. The Kier molecular flexibility index (Phi) is 4.10. The number of benzene rings is 1. The summed E-state index contributed by atoms with van der Waals surface area (Å²) in [7, 11) is 0. The van der Waals surface area contributed by atoms with Crippen LogP contribution < -0.4 is 14.8 Å². The molecule has 1 aromatic carbocycles. The summed E-state index contributed by atoms with van der Waals surface area (Å²) in [6.07, 6.45) is 2.84. The molecular formula is C17H22N2O4. The van der Waals surface area contributed by atoms with Crippen molar-refractivity contribution in [1.82, 2.24) is 10.2 Å². The highest BCUT2D eigenvalue weighted by molar-refractivity contribution is 5.79. The van der Waals surface area contributed by atoms with E-state index >= 15 is 0 Å². The van der Waals surface area contributed by atoms with Crippen LogP contribution in [0.3, 0.4) is 0 Å². The lowest BCUT2D eigenvalue weighted by Gasteiger charge is -2.27. The molecule has 6 heteroatoms. The molecule has 3 aliphatic rings. The molecule has 6 nitrogen and oxygen atoms in total. The zero-order valence-corrected chi connectivity index (χ0v) is 13.1. The van der Waals surface area contributed by atoms with Gasteiger partial charge < -0.3 is 19.5 Å². The Morgan fingerprint density at radius 3 is 2.87 bits per heavy atom. The SMILES string of the molecule is O=C(Cc1ccc2c(c1)OCO2)N[C@@H]1COC[C@H]1N1CCCC1. The van der Waals surface area contributed by atoms with Crippen LogP contribution in [0.5, 0.6) is 11.5 Å². The van der Waals surface area contributed by atoms with Crippen LogP contribution in [0, 0.1) is 0 Å². The van der Waals surface area contributed by atoms with E-state index in [2.05, 4.69) is 10.2 Å². The van der Waals surface area contributed by atoms with Gasteiger partial charge in [0.2, 0.25) is 12.7 Å². The van der Waals surface area contributed by atoms with Crippen LogP contribution in [0.15, 0.2) is 18.2 Å². The molecule has 3 heterocycles. The molecule has 2 saturated heterocycles. The first-order valence-electron chi connectivity index (χ1n) is 8.29. The number of hydrogen-bond donors (Lipinski definition) is 1. The number of rotatable bonds is 4. The van der Waals surface area contributed by atoms with Crippen LogP contribution in [0.25, 0.3) is 0 Å². The van der Waals surface area contributed by atoms with E-state index in [4.69, 9.17) is 14.2 Å². The second kappa shape index (κ2) is 6.37. The topological polar surface area (TPSA) is 60.0 Å². The first kappa shape index (κ1) is 14.8. The molecular weight excluding hydrogens is 296 g/mol. The summed E-state index contributed by atoms with van der Waals surface area (Å²) >= 11 is 0. The van der Waals surface area contributed by atoms with E-state index in [0.29, 0.717) is 19.1 Å². The van der Waals surface area contributed by atoms with Gasteiger partial charge in [0.05, 0.1) is 31.7 Å². The normalized spacial score (nSPS) is 26.6. The summed E-state index contributed by atoms with van der Waals surface area (Å²) in [6, 6.07) is 6.06. The van der Waals surface area contributed by atoms with Crippen LogP contribution in [-0.4, -0.2) is 56.0 Å². The van der Waals surface area contributed by atoms with Gasteiger partial charge in [-0.2, -0.15) is 0 Å². The molecule has 0 saturated carbocycles. The number of amides is 1. The zero-order valence-electron chi connectivity index (χ0n) is 13.1. The Labute approximate surface area is 135 Å². The minimum absolute atomic E-state index is 0.0311. The monoisotopic (exact) mass is 318 g/mol. The van der Waals surface area contributed by atoms with Crippen molar-refractivity contribution in [3.8, 4) is 11.5 Å². The lowest BCUT2D eigenvalue weighted by Crippen LogP contribution is -2.50. The van der Waals surface area contributed by atoms with E-state index in [-0.39, 0.29) is 18.7 Å². The number of fused-ring (bicyclic) bond motifs is 1. The third kappa shape index (κ3) is 3.14. The Bertz CT molecular complexity index is 586. The predicted octanol–water partition coefficient (Wildman–Crippen LogP) is 0.937. The summed E-state index contributed by atoms with van der Waals surface area (Å²) in [5.74, 6) is 1.49. The summed E-state index contributed by atoms with van der Waals surface area (Å²) in [6.45, 7) is 3.80. The number of likely N-dealkylation sites (tertiary alicyclic amines) is 1. The van der Waals surface area contributed by atoms with E-state index in [1.807, 2.05) is 18.2 Å². The van der Waals surface area contributed by atoms with Gasteiger partial charge in [0.25, 0.3) is 0 Å². The van der Waals surface area contributed by atoms with E-state index in [1.165, 1.54) is 12.8 Å². The van der Waals surface area contributed by atoms with E-state index in [0.717, 1.165) is 36.8 Å². The lowest BCUT2D eigenvalue weighted by molar-refractivity contribution is -0.121. The van der Waals surface area contributed by atoms with Crippen molar-refractivity contribution < 1.29 is 19.0 Å². The summed E-state index contributed by atoms with van der Waals surface area (Å²) in [5.41, 5.74) is 0.934. The fourth-order valence-corrected chi connectivity index (χ4v) is 3.61. The minimum Gasteiger partial charge on any atom is -0.454 e. The highest BCUT2D eigenvalue weighted by Crippen LogP contribution is 2.32.